The lowest BCUT2D eigenvalue weighted by atomic mass is 9.98. The second-order valence-corrected chi connectivity index (χ2v) is 7.04. The Balaban J connectivity index is 1.53. The van der Waals surface area contributed by atoms with Crippen molar-refractivity contribution < 1.29 is 9.59 Å². The van der Waals surface area contributed by atoms with Crippen molar-refractivity contribution in [1.29, 1.82) is 0 Å². The van der Waals surface area contributed by atoms with Crippen LogP contribution in [0.5, 0.6) is 0 Å². The lowest BCUT2D eigenvalue weighted by molar-refractivity contribution is -0.121. The molecule has 4 rings (SSSR count). The zero-order valence-corrected chi connectivity index (χ0v) is 14.2. The van der Waals surface area contributed by atoms with Crippen LogP contribution in [-0.2, 0) is 11.3 Å². The molecule has 2 heterocycles. The number of carbonyl (C=O) groups is 2. The minimum absolute atomic E-state index is 0.129. The first-order valence-corrected chi connectivity index (χ1v) is 8.90. The third kappa shape index (κ3) is 2.73. The molecule has 25 heavy (non-hydrogen) atoms. The van der Waals surface area contributed by atoms with Gasteiger partial charge in [0.25, 0.3) is 5.91 Å². The SMILES string of the molecule is NC(=NCc1cccc(N2C(=O)NC3(CCCC3)C2=O)c1)N1CCC1. The Morgan fingerprint density at radius 1 is 1.20 bits per heavy atom. The van der Waals surface area contributed by atoms with Crippen molar-refractivity contribution in [3.8, 4) is 0 Å². The van der Waals surface area contributed by atoms with E-state index >= 15 is 0 Å². The molecule has 1 aromatic carbocycles. The summed E-state index contributed by atoms with van der Waals surface area (Å²) >= 11 is 0. The van der Waals surface area contributed by atoms with Crippen LogP contribution in [0.2, 0.25) is 0 Å². The van der Waals surface area contributed by atoms with E-state index < -0.39 is 5.54 Å². The largest absolute Gasteiger partial charge is 0.370 e. The van der Waals surface area contributed by atoms with Gasteiger partial charge in [0.1, 0.15) is 5.54 Å². The number of amides is 3. The van der Waals surface area contributed by atoms with Crippen LogP contribution >= 0.6 is 0 Å². The molecule has 7 heteroatoms. The number of hydrogen-bond donors (Lipinski definition) is 2. The number of nitrogens with two attached hydrogens (primary N) is 1. The van der Waals surface area contributed by atoms with E-state index in [4.69, 9.17) is 5.73 Å². The predicted molar refractivity (Wildman–Crippen MR) is 95.2 cm³/mol. The minimum atomic E-state index is -0.687. The van der Waals surface area contributed by atoms with Crippen molar-refractivity contribution >= 4 is 23.6 Å². The van der Waals surface area contributed by atoms with E-state index in [1.807, 2.05) is 23.1 Å². The smallest absolute Gasteiger partial charge is 0.329 e. The van der Waals surface area contributed by atoms with Gasteiger partial charge < -0.3 is 16.0 Å². The van der Waals surface area contributed by atoms with Gasteiger partial charge in [0, 0.05) is 13.1 Å². The predicted octanol–water partition coefficient (Wildman–Crippen LogP) is 1.58. The van der Waals surface area contributed by atoms with Gasteiger partial charge in [-0.05, 0) is 37.0 Å². The number of aliphatic imine (C=N–C) groups is 1. The zero-order chi connectivity index (χ0) is 17.4. The van der Waals surface area contributed by atoms with Crippen LogP contribution in [0.25, 0.3) is 0 Å². The molecule has 0 aromatic heterocycles. The molecular formula is C18H23N5O2. The summed E-state index contributed by atoms with van der Waals surface area (Å²) in [6.45, 7) is 2.35. The maximum atomic E-state index is 12.8. The number of rotatable bonds is 3. The molecule has 0 atom stereocenters. The van der Waals surface area contributed by atoms with Crippen molar-refractivity contribution in [2.75, 3.05) is 18.0 Å². The highest BCUT2D eigenvalue weighted by Crippen LogP contribution is 2.37. The Labute approximate surface area is 146 Å². The van der Waals surface area contributed by atoms with Gasteiger partial charge in [0.2, 0.25) is 0 Å². The van der Waals surface area contributed by atoms with Crippen LogP contribution in [0.3, 0.4) is 0 Å². The number of nitrogens with one attached hydrogen (secondary N) is 1. The van der Waals surface area contributed by atoms with Crippen molar-refractivity contribution in [1.82, 2.24) is 10.2 Å². The van der Waals surface area contributed by atoms with E-state index in [-0.39, 0.29) is 11.9 Å². The summed E-state index contributed by atoms with van der Waals surface area (Å²) in [6, 6.07) is 7.09. The Bertz CT molecular complexity index is 735. The van der Waals surface area contributed by atoms with Crippen molar-refractivity contribution in [3.63, 3.8) is 0 Å². The number of nitrogens with zero attached hydrogens (tertiary/aromatic N) is 3. The number of urea groups is 1. The fourth-order valence-electron chi connectivity index (χ4n) is 3.78. The van der Waals surface area contributed by atoms with Crippen LogP contribution in [0, 0.1) is 0 Å². The molecule has 3 aliphatic rings. The summed E-state index contributed by atoms with van der Waals surface area (Å²) in [7, 11) is 0. The van der Waals surface area contributed by atoms with Gasteiger partial charge >= 0.3 is 6.03 Å². The van der Waals surface area contributed by atoms with Crippen LogP contribution in [0.15, 0.2) is 29.3 Å². The topological polar surface area (TPSA) is 91.0 Å². The quantitative estimate of drug-likeness (QED) is 0.496. The molecule has 3 N–H and O–H groups in total. The molecule has 0 radical (unpaired) electrons. The van der Waals surface area contributed by atoms with Crippen LogP contribution in [0.4, 0.5) is 10.5 Å². The maximum Gasteiger partial charge on any atom is 0.329 e. The van der Waals surface area contributed by atoms with E-state index in [1.165, 1.54) is 4.90 Å². The van der Waals surface area contributed by atoms with Gasteiger partial charge in [-0.15, -0.1) is 0 Å². The molecule has 1 aromatic rings. The molecule has 132 valence electrons. The highest BCUT2D eigenvalue weighted by Gasteiger charge is 2.52. The monoisotopic (exact) mass is 341 g/mol. The van der Waals surface area contributed by atoms with Crippen LogP contribution in [0.1, 0.15) is 37.7 Å². The zero-order valence-electron chi connectivity index (χ0n) is 14.2. The van der Waals surface area contributed by atoms with E-state index in [1.54, 1.807) is 6.07 Å². The number of likely N-dealkylation sites (tertiary alicyclic amines) is 1. The van der Waals surface area contributed by atoms with E-state index in [0.717, 1.165) is 50.8 Å². The molecule has 3 amide bonds. The molecule has 0 unspecified atom stereocenters. The van der Waals surface area contributed by atoms with Gasteiger partial charge in [-0.25, -0.2) is 14.7 Å². The molecule has 7 nitrogen and oxygen atoms in total. The second-order valence-electron chi connectivity index (χ2n) is 7.04. The fourth-order valence-corrected chi connectivity index (χ4v) is 3.78. The van der Waals surface area contributed by atoms with Gasteiger partial charge in [-0.3, -0.25) is 4.79 Å². The summed E-state index contributed by atoms with van der Waals surface area (Å²) in [4.78, 5) is 33.0. The van der Waals surface area contributed by atoms with Crippen LogP contribution in [-0.4, -0.2) is 41.4 Å². The third-order valence-corrected chi connectivity index (χ3v) is 5.39. The average Bonchev–Trinajstić information content (AvgIpc) is 3.10. The van der Waals surface area contributed by atoms with Crippen molar-refractivity contribution in [2.24, 2.45) is 10.7 Å². The molecule has 3 fully saturated rings. The second kappa shape index (κ2) is 6.06. The molecule has 1 saturated carbocycles. The summed E-state index contributed by atoms with van der Waals surface area (Å²) in [5.74, 6) is 0.423. The average molecular weight is 341 g/mol. The molecule has 2 aliphatic heterocycles. The molecular weight excluding hydrogens is 318 g/mol. The lowest BCUT2D eigenvalue weighted by Gasteiger charge is -2.31. The summed E-state index contributed by atoms with van der Waals surface area (Å²) < 4.78 is 0. The number of hydrogen-bond acceptors (Lipinski definition) is 3. The standard InChI is InChI=1S/C18H23N5O2/c19-16(22-9-4-10-22)20-12-13-5-3-6-14(11-13)23-15(24)18(21-17(23)25)7-1-2-8-18/h3,5-6,11H,1-2,4,7-10,12H2,(H2,19,20)(H,21,25). The van der Waals surface area contributed by atoms with E-state index in [0.29, 0.717) is 18.2 Å². The van der Waals surface area contributed by atoms with E-state index in [9.17, 15) is 9.59 Å². The van der Waals surface area contributed by atoms with Gasteiger partial charge in [-0.1, -0.05) is 25.0 Å². The molecule has 1 spiro atoms. The first-order valence-electron chi connectivity index (χ1n) is 8.90. The Kier molecular flexibility index (Phi) is 3.86. The molecule has 1 aliphatic carbocycles. The van der Waals surface area contributed by atoms with Crippen LogP contribution < -0.4 is 16.0 Å². The minimum Gasteiger partial charge on any atom is -0.370 e. The van der Waals surface area contributed by atoms with E-state index in [2.05, 4.69) is 10.3 Å². The van der Waals surface area contributed by atoms with Crippen molar-refractivity contribution in [3.05, 3.63) is 29.8 Å². The lowest BCUT2D eigenvalue weighted by Crippen LogP contribution is -2.46. The highest BCUT2D eigenvalue weighted by atomic mass is 16.2. The first-order chi connectivity index (χ1) is 12.1. The molecule has 0 bridgehead atoms. The fraction of sp³-hybridized carbons (Fsp3) is 0.500. The molecule has 2 saturated heterocycles. The summed E-state index contributed by atoms with van der Waals surface area (Å²) in [5.41, 5.74) is 6.79. The number of imide groups is 1. The van der Waals surface area contributed by atoms with Crippen molar-refractivity contribution in [2.45, 2.75) is 44.2 Å². The Morgan fingerprint density at radius 3 is 2.64 bits per heavy atom. The number of anilines is 1. The first kappa shape index (κ1) is 15.9. The maximum absolute atomic E-state index is 12.8. The van der Waals surface area contributed by atoms with Gasteiger partial charge in [0.05, 0.1) is 12.2 Å². The number of guanidine groups is 1. The normalized spacial score (nSPS) is 22.5. The summed E-state index contributed by atoms with van der Waals surface area (Å²) in [5, 5.41) is 2.91. The Morgan fingerprint density at radius 2 is 1.96 bits per heavy atom. The number of benzene rings is 1. The summed E-state index contributed by atoms with van der Waals surface area (Å²) in [6.07, 6.45) is 4.56. The van der Waals surface area contributed by atoms with Gasteiger partial charge in [-0.2, -0.15) is 0 Å². The third-order valence-electron chi connectivity index (χ3n) is 5.39. The highest BCUT2D eigenvalue weighted by molar-refractivity contribution is 6.23. The number of carbonyl (C=O) groups excluding carboxylic acids is 2. The van der Waals surface area contributed by atoms with Gasteiger partial charge in [0.15, 0.2) is 5.96 Å². The Hall–Kier alpha value is -2.57.